The number of hydrogen-bond donors (Lipinski definition) is 0. The molecule has 0 fully saturated rings. The third-order valence-corrected chi connectivity index (χ3v) is 6.68. The SMILES string of the molecule is CC(C)(C(Cl)c1ccc2c(c1)COC2)S(C)(=O)=O. The van der Waals surface area contributed by atoms with E-state index in [9.17, 15) is 8.42 Å². The molecule has 0 saturated heterocycles. The summed E-state index contributed by atoms with van der Waals surface area (Å²) in [4.78, 5) is 0. The molecular formula is C13H17ClO3S. The van der Waals surface area contributed by atoms with E-state index in [-0.39, 0.29) is 0 Å². The Morgan fingerprint density at radius 1 is 1.28 bits per heavy atom. The fraction of sp³-hybridized carbons (Fsp3) is 0.538. The Morgan fingerprint density at radius 3 is 2.50 bits per heavy atom. The van der Waals surface area contributed by atoms with E-state index in [4.69, 9.17) is 16.3 Å². The molecule has 0 N–H and O–H groups in total. The summed E-state index contributed by atoms with van der Waals surface area (Å²) in [7, 11) is -3.23. The molecule has 0 saturated carbocycles. The summed E-state index contributed by atoms with van der Waals surface area (Å²) < 4.78 is 27.9. The summed E-state index contributed by atoms with van der Waals surface area (Å²) in [5.74, 6) is 0. The van der Waals surface area contributed by atoms with Crippen molar-refractivity contribution in [2.45, 2.75) is 37.2 Å². The van der Waals surface area contributed by atoms with Crippen LogP contribution < -0.4 is 0 Å². The van der Waals surface area contributed by atoms with Crippen LogP contribution in [0.1, 0.15) is 35.9 Å². The lowest BCUT2D eigenvalue weighted by atomic mass is 9.98. The molecule has 1 aromatic carbocycles. The first-order valence-corrected chi connectivity index (χ1v) is 8.09. The zero-order valence-electron chi connectivity index (χ0n) is 10.7. The van der Waals surface area contributed by atoms with Crippen molar-refractivity contribution >= 4 is 21.4 Å². The summed E-state index contributed by atoms with van der Waals surface area (Å²) in [6.07, 6.45) is 1.22. The Morgan fingerprint density at radius 2 is 1.89 bits per heavy atom. The van der Waals surface area contributed by atoms with Crippen molar-refractivity contribution < 1.29 is 13.2 Å². The van der Waals surface area contributed by atoms with Crippen molar-refractivity contribution in [3.8, 4) is 0 Å². The fourth-order valence-corrected chi connectivity index (χ4v) is 3.07. The Labute approximate surface area is 113 Å². The first kappa shape index (κ1) is 13.8. The van der Waals surface area contributed by atoms with Crippen LogP contribution in [0.5, 0.6) is 0 Å². The van der Waals surface area contributed by atoms with E-state index >= 15 is 0 Å². The van der Waals surface area contributed by atoms with Gasteiger partial charge in [0.25, 0.3) is 0 Å². The highest BCUT2D eigenvalue weighted by Gasteiger charge is 2.39. The maximum atomic E-state index is 11.8. The maximum absolute atomic E-state index is 11.8. The van der Waals surface area contributed by atoms with E-state index in [1.807, 2.05) is 18.2 Å². The molecule has 0 radical (unpaired) electrons. The lowest BCUT2D eigenvalue weighted by molar-refractivity contribution is 0.134. The summed E-state index contributed by atoms with van der Waals surface area (Å²) in [5, 5.41) is -0.571. The number of hydrogen-bond acceptors (Lipinski definition) is 3. The molecule has 1 atom stereocenters. The van der Waals surface area contributed by atoms with Gasteiger partial charge in [-0.05, 0) is 30.5 Å². The number of alkyl halides is 1. The smallest absolute Gasteiger partial charge is 0.154 e. The molecule has 1 aliphatic rings. The largest absolute Gasteiger partial charge is 0.372 e. The van der Waals surface area contributed by atoms with Crippen molar-refractivity contribution in [3.05, 3.63) is 34.9 Å². The number of halogens is 1. The van der Waals surface area contributed by atoms with E-state index in [0.29, 0.717) is 13.2 Å². The van der Waals surface area contributed by atoms with Crippen LogP contribution in [0.15, 0.2) is 18.2 Å². The standard InChI is InChI=1S/C13H17ClO3S/c1-13(2,18(3,15)16)12(14)9-4-5-10-7-17-8-11(10)6-9/h4-6,12H,7-8H2,1-3H3. The molecule has 1 aromatic rings. The minimum atomic E-state index is -3.23. The molecule has 0 aliphatic carbocycles. The maximum Gasteiger partial charge on any atom is 0.154 e. The zero-order chi connectivity index (χ0) is 13.6. The van der Waals surface area contributed by atoms with Gasteiger partial charge in [0.15, 0.2) is 9.84 Å². The van der Waals surface area contributed by atoms with Gasteiger partial charge in [0.05, 0.1) is 23.3 Å². The third kappa shape index (κ3) is 2.29. The molecule has 1 aliphatic heterocycles. The molecular weight excluding hydrogens is 272 g/mol. The van der Waals surface area contributed by atoms with Crippen LogP contribution in [0.2, 0.25) is 0 Å². The van der Waals surface area contributed by atoms with Gasteiger partial charge in [0, 0.05) is 6.26 Å². The Hall–Kier alpha value is -0.580. The van der Waals surface area contributed by atoms with Crippen LogP contribution >= 0.6 is 11.6 Å². The molecule has 3 nitrogen and oxygen atoms in total. The minimum absolute atomic E-state index is 0.571. The van der Waals surface area contributed by atoms with Crippen molar-refractivity contribution in [1.82, 2.24) is 0 Å². The second kappa shape index (κ2) is 4.51. The van der Waals surface area contributed by atoms with Gasteiger partial charge in [-0.1, -0.05) is 18.2 Å². The molecule has 0 spiro atoms. The van der Waals surface area contributed by atoms with E-state index < -0.39 is 20.0 Å². The fourth-order valence-electron chi connectivity index (χ4n) is 1.94. The van der Waals surface area contributed by atoms with Crippen molar-refractivity contribution in [1.29, 1.82) is 0 Å². The first-order valence-electron chi connectivity index (χ1n) is 5.76. The van der Waals surface area contributed by atoms with Gasteiger partial charge in [-0.25, -0.2) is 8.42 Å². The Balaban J connectivity index is 2.38. The predicted octanol–water partition coefficient (Wildman–Crippen LogP) is 2.82. The lowest BCUT2D eigenvalue weighted by Gasteiger charge is -2.28. The summed E-state index contributed by atoms with van der Waals surface area (Å²) in [6, 6.07) is 5.80. The minimum Gasteiger partial charge on any atom is -0.372 e. The number of benzene rings is 1. The highest BCUT2D eigenvalue weighted by molar-refractivity contribution is 7.92. The lowest BCUT2D eigenvalue weighted by Crippen LogP contribution is -2.35. The Bertz CT molecular complexity index is 564. The van der Waals surface area contributed by atoms with Crippen LogP contribution in [0, 0.1) is 0 Å². The van der Waals surface area contributed by atoms with Gasteiger partial charge < -0.3 is 4.74 Å². The molecule has 1 unspecified atom stereocenters. The molecule has 1 heterocycles. The van der Waals surface area contributed by atoms with Gasteiger partial charge in [-0.3, -0.25) is 0 Å². The van der Waals surface area contributed by atoms with Gasteiger partial charge in [0.1, 0.15) is 0 Å². The predicted molar refractivity (Wildman–Crippen MR) is 72.5 cm³/mol. The van der Waals surface area contributed by atoms with Gasteiger partial charge in [-0.2, -0.15) is 0 Å². The van der Waals surface area contributed by atoms with Crippen LogP contribution in [-0.2, 0) is 27.8 Å². The topological polar surface area (TPSA) is 43.4 Å². The normalized spacial score (nSPS) is 17.6. The highest BCUT2D eigenvalue weighted by atomic mass is 35.5. The van der Waals surface area contributed by atoms with E-state index in [0.717, 1.165) is 16.7 Å². The first-order chi connectivity index (χ1) is 8.23. The number of sulfone groups is 1. The number of ether oxygens (including phenoxy) is 1. The molecule has 0 amide bonds. The van der Waals surface area contributed by atoms with Gasteiger partial charge in [-0.15, -0.1) is 11.6 Å². The zero-order valence-corrected chi connectivity index (χ0v) is 12.3. The monoisotopic (exact) mass is 288 g/mol. The second-order valence-electron chi connectivity index (χ2n) is 5.26. The molecule has 0 bridgehead atoms. The molecule has 0 aromatic heterocycles. The summed E-state index contributed by atoms with van der Waals surface area (Å²) in [5.41, 5.74) is 3.08. The van der Waals surface area contributed by atoms with Crippen LogP contribution in [0.4, 0.5) is 0 Å². The molecule has 5 heteroatoms. The van der Waals surface area contributed by atoms with Crippen molar-refractivity contribution in [2.75, 3.05) is 6.26 Å². The third-order valence-electron chi connectivity index (χ3n) is 3.60. The molecule has 2 rings (SSSR count). The average molecular weight is 289 g/mol. The molecule has 100 valence electrons. The van der Waals surface area contributed by atoms with E-state index in [2.05, 4.69) is 0 Å². The second-order valence-corrected chi connectivity index (χ2v) is 8.29. The van der Waals surface area contributed by atoms with Crippen LogP contribution in [0.3, 0.4) is 0 Å². The van der Waals surface area contributed by atoms with Crippen molar-refractivity contribution in [2.24, 2.45) is 0 Å². The van der Waals surface area contributed by atoms with Crippen LogP contribution in [-0.4, -0.2) is 19.4 Å². The van der Waals surface area contributed by atoms with E-state index in [1.54, 1.807) is 13.8 Å². The highest BCUT2D eigenvalue weighted by Crippen LogP contribution is 2.38. The molecule has 18 heavy (non-hydrogen) atoms. The quantitative estimate of drug-likeness (QED) is 0.803. The summed E-state index contributed by atoms with van der Waals surface area (Å²) in [6.45, 7) is 4.51. The number of rotatable bonds is 3. The Kier molecular flexibility index (Phi) is 3.47. The van der Waals surface area contributed by atoms with Crippen molar-refractivity contribution in [3.63, 3.8) is 0 Å². The van der Waals surface area contributed by atoms with Gasteiger partial charge >= 0.3 is 0 Å². The average Bonchev–Trinajstić information content (AvgIpc) is 2.73. The van der Waals surface area contributed by atoms with Gasteiger partial charge in [0.2, 0.25) is 0 Å². The number of fused-ring (bicyclic) bond motifs is 1. The van der Waals surface area contributed by atoms with Crippen LogP contribution in [0.25, 0.3) is 0 Å². The summed E-state index contributed by atoms with van der Waals surface area (Å²) >= 11 is 6.36. The van der Waals surface area contributed by atoms with E-state index in [1.165, 1.54) is 6.26 Å².